The van der Waals surface area contributed by atoms with Crippen molar-refractivity contribution < 1.29 is 9.53 Å². The maximum atomic E-state index is 11.3. The third kappa shape index (κ3) is 4.64. The van der Waals surface area contributed by atoms with Gasteiger partial charge in [-0.2, -0.15) is 0 Å². The maximum Gasteiger partial charge on any atom is 0.322 e. The molecule has 90 valence electrons. The van der Waals surface area contributed by atoms with Gasteiger partial charge in [-0.15, -0.1) is 12.4 Å². The summed E-state index contributed by atoms with van der Waals surface area (Å²) >= 11 is 0. The van der Waals surface area contributed by atoms with Gasteiger partial charge in [-0.3, -0.25) is 4.79 Å². The molecule has 0 spiro atoms. The summed E-state index contributed by atoms with van der Waals surface area (Å²) < 4.78 is 4.69. The number of esters is 1. The molecular formula is C12H18ClNO2. The van der Waals surface area contributed by atoms with E-state index in [4.69, 9.17) is 4.74 Å². The molecule has 1 aromatic rings. The molecule has 3 nitrogen and oxygen atoms in total. The number of methoxy groups -OCH3 is 1. The molecule has 0 amide bonds. The Hall–Kier alpha value is -1.06. The second kappa shape index (κ2) is 8.13. The predicted molar refractivity (Wildman–Crippen MR) is 66.6 cm³/mol. The van der Waals surface area contributed by atoms with Crippen LogP contribution in [0.3, 0.4) is 0 Å². The first-order valence-corrected chi connectivity index (χ1v) is 5.13. The Morgan fingerprint density at radius 3 is 2.50 bits per heavy atom. The van der Waals surface area contributed by atoms with E-state index in [1.807, 2.05) is 37.3 Å². The number of carbonyl (C=O) groups excluding carboxylic acids is 1. The third-order valence-corrected chi connectivity index (χ3v) is 2.29. The summed E-state index contributed by atoms with van der Waals surface area (Å²) in [6.07, 6.45) is 0.736. The predicted octanol–water partition coefficient (Wildman–Crippen LogP) is 2.15. The van der Waals surface area contributed by atoms with Gasteiger partial charge < -0.3 is 10.1 Å². The molecular weight excluding hydrogens is 226 g/mol. The van der Waals surface area contributed by atoms with Gasteiger partial charge in [0.15, 0.2) is 0 Å². The summed E-state index contributed by atoms with van der Waals surface area (Å²) in [5.41, 5.74) is 1.17. The molecule has 0 fully saturated rings. The van der Waals surface area contributed by atoms with Crippen molar-refractivity contribution in [3.8, 4) is 0 Å². The van der Waals surface area contributed by atoms with Crippen molar-refractivity contribution in [1.29, 1.82) is 0 Å². The van der Waals surface area contributed by atoms with Crippen molar-refractivity contribution in [2.45, 2.75) is 25.9 Å². The summed E-state index contributed by atoms with van der Waals surface area (Å²) in [6.45, 7) is 2.65. The zero-order valence-electron chi connectivity index (χ0n) is 9.60. The normalized spacial score (nSPS) is 11.4. The standard InChI is InChI=1S/C12H17NO2.ClH/c1-3-11(12(14)15-2)13-9-10-7-5-4-6-8-10;/h4-8,11,13H,3,9H2,1-2H3;1H/t11-;/m1./s1. The van der Waals surface area contributed by atoms with Gasteiger partial charge in [0, 0.05) is 6.54 Å². The van der Waals surface area contributed by atoms with E-state index in [1.165, 1.54) is 12.7 Å². The molecule has 0 aromatic heterocycles. The van der Waals surface area contributed by atoms with E-state index in [1.54, 1.807) is 0 Å². The van der Waals surface area contributed by atoms with Gasteiger partial charge >= 0.3 is 5.97 Å². The SMILES string of the molecule is CC[C@@H](NCc1ccccc1)C(=O)OC.Cl. The molecule has 0 heterocycles. The van der Waals surface area contributed by atoms with Crippen molar-refractivity contribution in [3.63, 3.8) is 0 Å². The Morgan fingerprint density at radius 1 is 1.38 bits per heavy atom. The number of halogens is 1. The van der Waals surface area contributed by atoms with Crippen molar-refractivity contribution >= 4 is 18.4 Å². The molecule has 1 N–H and O–H groups in total. The molecule has 0 saturated carbocycles. The zero-order chi connectivity index (χ0) is 11.1. The molecule has 16 heavy (non-hydrogen) atoms. The Labute approximate surface area is 103 Å². The Morgan fingerprint density at radius 2 is 2.00 bits per heavy atom. The van der Waals surface area contributed by atoms with Crippen LogP contribution in [0.5, 0.6) is 0 Å². The highest BCUT2D eigenvalue weighted by Crippen LogP contribution is 2.00. The fraction of sp³-hybridized carbons (Fsp3) is 0.417. The van der Waals surface area contributed by atoms with Gasteiger partial charge in [0.05, 0.1) is 7.11 Å². The van der Waals surface area contributed by atoms with Gasteiger partial charge in [0.25, 0.3) is 0 Å². The van der Waals surface area contributed by atoms with Crippen LogP contribution in [0, 0.1) is 0 Å². The zero-order valence-corrected chi connectivity index (χ0v) is 10.4. The quantitative estimate of drug-likeness (QED) is 0.806. The van der Waals surface area contributed by atoms with Crippen LogP contribution < -0.4 is 5.32 Å². The van der Waals surface area contributed by atoms with Crippen LogP contribution in [0.2, 0.25) is 0 Å². The van der Waals surface area contributed by atoms with Crippen LogP contribution in [0.15, 0.2) is 30.3 Å². The van der Waals surface area contributed by atoms with E-state index >= 15 is 0 Å². The monoisotopic (exact) mass is 243 g/mol. The van der Waals surface area contributed by atoms with Crippen molar-refractivity contribution in [1.82, 2.24) is 5.32 Å². The average molecular weight is 244 g/mol. The lowest BCUT2D eigenvalue weighted by atomic mass is 10.2. The second-order valence-electron chi connectivity index (χ2n) is 3.35. The maximum absolute atomic E-state index is 11.3. The van der Waals surface area contributed by atoms with Gasteiger partial charge in [-0.05, 0) is 12.0 Å². The summed E-state index contributed by atoms with van der Waals surface area (Å²) in [5, 5.41) is 3.16. The number of nitrogens with one attached hydrogen (secondary N) is 1. The van der Waals surface area contributed by atoms with Gasteiger partial charge in [0.1, 0.15) is 6.04 Å². The van der Waals surface area contributed by atoms with Gasteiger partial charge in [-0.1, -0.05) is 37.3 Å². The minimum absolute atomic E-state index is 0. The van der Waals surface area contributed by atoms with Crippen molar-refractivity contribution in [3.05, 3.63) is 35.9 Å². The van der Waals surface area contributed by atoms with Crippen LogP contribution in [-0.2, 0) is 16.1 Å². The van der Waals surface area contributed by atoms with Crippen LogP contribution in [0.4, 0.5) is 0 Å². The van der Waals surface area contributed by atoms with Crippen LogP contribution in [0.1, 0.15) is 18.9 Å². The van der Waals surface area contributed by atoms with E-state index in [0.29, 0.717) is 6.54 Å². The lowest BCUT2D eigenvalue weighted by Crippen LogP contribution is -2.36. The molecule has 0 radical (unpaired) electrons. The highest BCUT2D eigenvalue weighted by molar-refractivity contribution is 5.85. The fourth-order valence-electron chi connectivity index (χ4n) is 1.37. The summed E-state index contributed by atoms with van der Waals surface area (Å²) in [4.78, 5) is 11.3. The topological polar surface area (TPSA) is 38.3 Å². The van der Waals surface area contributed by atoms with Gasteiger partial charge in [0.2, 0.25) is 0 Å². The van der Waals surface area contributed by atoms with Crippen LogP contribution in [0.25, 0.3) is 0 Å². The Balaban J connectivity index is 0.00000225. The lowest BCUT2D eigenvalue weighted by Gasteiger charge is -2.14. The number of benzene rings is 1. The van der Waals surface area contributed by atoms with Crippen molar-refractivity contribution in [2.24, 2.45) is 0 Å². The largest absolute Gasteiger partial charge is 0.468 e. The summed E-state index contributed by atoms with van der Waals surface area (Å²) in [7, 11) is 1.41. The minimum atomic E-state index is -0.213. The summed E-state index contributed by atoms with van der Waals surface area (Å²) in [6, 6.07) is 9.77. The molecule has 0 aliphatic carbocycles. The Bertz CT molecular complexity index is 303. The smallest absolute Gasteiger partial charge is 0.322 e. The highest BCUT2D eigenvalue weighted by Gasteiger charge is 2.15. The summed E-state index contributed by atoms with van der Waals surface area (Å²) in [5.74, 6) is -0.201. The van der Waals surface area contributed by atoms with E-state index in [9.17, 15) is 4.79 Å². The first-order valence-electron chi connectivity index (χ1n) is 5.13. The number of hydrogen-bond donors (Lipinski definition) is 1. The molecule has 4 heteroatoms. The average Bonchev–Trinajstić information content (AvgIpc) is 2.31. The molecule has 0 bridgehead atoms. The molecule has 1 aromatic carbocycles. The number of carbonyl (C=O) groups is 1. The van der Waals surface area contributed by atoms with Crippen molar-refractivity contribution in [2.75, 3.05) is 7.11 Å². The first-order chi connectivity index (χ1) is 7.27. The molecule has 0 aliphatic rings. The molecule has 1 atom stereocenters. The first kappa shape index (κ1) is 14.9. The molecule has 0 unspecified atom stereocenters. The Kier molecular flexibility index (Phi) is 7.60. The number of ether oxygens (including phenoxy) is 1. The molecule has 0 aliphatic heterocycles. The van der Waals surface area contributed by atoms with E-state index in [0.717, 1.165) is 6.42 Å². The van der Waals surface area contributed by atoms with Crippen LogP contribution >= 0.6 is 12.4 Å². The van der Waals surface area contributed by atoms with Crippen LogP contribution in [-0.4, -0.2) is 19.1 Å². The van der Waals surface area contributed by atoms with Gasteiger partial charge in [-0.25, -0.2) is 0 Å². The molecule has 1 rings (SSSR count). The lowest BCUT2D eigenvalue weighted by molar-refractivity contribution is -0.143. The van der Waals surface area contributed by atoms with E-state index < -0.39 is 0 Å². The van der Waals surface area contributed by atoms with E-state index in [-0.39, 0.29) is 24.4 Å². The highest BCUT2D eigenvalue weighted by atomic mass is 35.5. The fourth-order valence-corrected chi connectivity index (χ4v) is 1.37. The third-order valence-electron chi connectivity index (χ3n) is 2.29. The second-order valence-corrected chi connectivity index (χ2v) is 3.35. The molecule has 0 saturated heterocycles. The number of hydrogen-bond acceptors (Lipinski definition) is 3. The number of rotatable bonds is 5. The minimum Gasteiger partial charge on any atom is -0.468 e. The van der Waals surface area contributed by atoms with E-state index in [2.05, 4.69) is 5.32 Å².